The van der Waals surface area contributed by atoms with Gasteiger partial charge in [0.25, 0.3) is 5.91 Å². The highest BCUT2D eigenvalue weighted by molar-refractivity contribution is 7.13. The molecule has 0 aromatic carbocycles. The third kappa shape index (κ3) is 2.11. The lowest BCUT2D eigenvalue weighted by Gasteiger charge is -1.97. The van der Waals surface area contributed by atoms with Gasteiger partial charge in [0.05, 0.1) is 10.7 Å². The zero-order valence-corrected chi connectivity index (χ0v) is 10.0. The molecule has 0 bridgehead atoms. The smallest absolute Gasteiger partial charge is 0.268 e. The minimum atomic E-state index is -0.198. The molecular weight excluding hydrogens is 226 g/mol. The van der Waals surface area contributed by atoms with Crippen LogP contribution in [-0.4, -0.2) is 16.0 Å². The predicted octanol–water partition coefficient (Wildman–Crippen LogP) is 2.31. The van der Waals surface area contributed by atoms with Crippen LogP contribution in [0.1, 0.15) is 26.1 Å². The number of aryl methyl sites for hydroxylation is 3. The van der Waals surface area contributed by atoms with Crippen molar-refractivity contribution in [2.45, 2.75) is 20.8 Å². The standard InChI is InChI=1S/C10H11N3O2S/c1-5-4-8(13-15-5)12-10(14)9-6(2)11-7(3)16-9/h4H,1-3H3,(H,12,13,14). The number of thiazole rings is 1. The van der Waals surface area contributed by atoms with Crippen LogP contribution in [0.2, 0.25) is 0 Å². The zero-order chi connectivity index (χ0) is 11.7. The van der Waals surface area contributed by atoms with E-state index in [1.54, 1.807) is 13.0 Å². The Bertz CT molecular complexity index is 530. The lowest BCUT2D eigenvalue weighted by atomic mass is 10.3. The minimum absolute atomic E-state index is 0.198. The molecule has 0 unspecified atom stereocenters. The number of amides is 1. The Morgan fingerprint density at radius 2 is 2.19 bits per heavy atom. The van der Waals surface area contributed by atoms with E-state index in [4.69, 9.17) is 4.52 Å². The van der Waals surface area contributed by atoms with E-state index >= 15 is 0 Å². The molecular formula is C10H11N3O2S. The lowest BCUT2D eigenvalue weighted by molar-refractivity contribution is 0.102. The second-order valence-corrected chi connectivity index (χ2v) is 4.63. The summed E-state index contributed by atoms with van der Waals surface area (Å²) in [5, 5.41) is 7.23. The van der Waals surface area contributed by atoms with Gasteiger partial charge >= 0.3 is 0 Å². The molecule has 2 aromatic heterocycles. The Hall–Kier alpha value is -1.69. The first kappa shape index (κ1) is 10.8. The first-order valence-electron chi connectivity index (χ1n) is 4.75. The van der Waals surface area contributed by atoms with Crippen molar-refractivity contribution in [3.8, 4) is 0 Å². The molecule has 2 aromatic rings. The molecule has 1 N–H and O–H groups in total. The van der Waals surface area contributed by atoms with Crippen molar-refractivity contribution < 1.29 is 9.32 Å². The maximum absolute atomic E-state index is 11.8. The molecule has 0 aliphatic heterocycles. The molecule has 2 rings (SSSR count). The molecule has 0 aliphatic carbocycles. The maximum atomic E-state index is 11.8. The summed E-state index contributed by atoms with van der Waals surface area (Å²) < 4.78 is 4.86. The number of carbonyl (C=O) groups is 1. The number of aromatic nitrogens is 2. The second kappa shape index (κ2) is 4.05. The fourth-order valence-electron chi connectivity index (χ4n) is 1.34. The minimum Gasteiger partial charge on any atom is -0.360 e. The molecule has 1 amide bonds. The molecule has 6 heteroatoms. The molecule has 0 radical (unpaired) electrons. The van der Waals surface area contributed by atoms with Crippen molar-refractivity contribution in [3.05, 3.63) is 27.4 Å². The van der Waals surface area contributed by atoms with Gasteiger partial charge in [-0.1, -0.05) is 5.16 Å². The van der Waals surface area contributed by atoms with Gasteiger partial charge in [0.1, 0.15) is 10.6 Å². The van der Waals surface area contributed by atoms with Crippen LogP contribution in [0.5, 0.6) is 0 Å². The Morgan fingerprint density at radius 1 is 1.44 bits per heavy atom. The molecule has 0 spiro atoms. The van der Waals surface area contributed by atoms with Gasteiger partial charge in [0, 0.05) is 6.07 Å². The van der Waals surface area contributed by atoms with Crippen molar-refractivity contribution in [3.63, 3.8) is 0 Å². The van der Waals surface area contributed by atoms with Gasteiger partial charge in [-0.3, -0.25) is 4.79 Å². The topological polar surface area (TPSA) is 68.0 Å². The highest BCUT2D eigenvalue weighted by Gasteiger charge is 2.15. The Kier molecular flexibility index (Phi) is 2.74. The van der Waals surface area contributed by atoms with Crippen LogP contribution >= 0.6 is 11.3 Å². The summed E-state index contributed by atoms with van der Waals surface area (Å²) in [7, 11) is 0. The average Bonchev–Trinajstić information content (AvgIpc) is 2.73. The molecule has 0 saturated heterocycles. The maximum Gasteiger partial charge on any atom is 0.268 e. The Labute approximate surface area is 96.5 Å². The predicted molar refractivity (Wildman–Crippen MR) is 60.8 cm³/mol. The van der Waals surface area contributed by atoms with Crippen LogP contribution in [0, 0.1) is 20.8 Å². The Balaban J connectivity index is 2.17. The van der Waals surface area contributed by atoms with Gasteiger partial charge in [-0.15, -0.1) is 11.3 Å². The monoisotopic (exact) mass is 237 g/mol. The molecule has 0 saturated carbocycles. The van der Waals surface area contributed by atoms with Crippen LogP contribution in [0.15, 0.2) is 10.6 Å². The summed E-state index contributed by atoms with van der Waals surface area (Å²) in [4.78, 5) is 16.6. The number of rotatable bonds is 2. The molecule has 0 atom stereocenters. The van der Waals surface area contributed by atoms with Gasteiger partial charge in [-0.25, -0.2) is 4.98 Å². The first-order chi connectivity index (χ1) is 7.56. The van der Waals surface area contributed by atoms with Gasteiger partial charge in [-0.05, 0) is 20.8 Å². The fourth-order valence-corrected chi connectivity index (χ4v) is 2.16. The van der Waals surface area contributed by atoms with Crippen molar-refractivity contribution in [1.29, 1.82) is 0 Å². The quantitative estimate of drug-likeness (QED) is 0.870. The van der Waals surface area contributed by atoms with Gasteiger partial charge < -0.3 is 9.84 Å². The largest absolute Gasteiger partial charge is 0.360 e. The van der Waals surface area contributed by atoms with Crippen LogP contribution in [0.4, 0.5) is 5.82 Å². The summed E-state index contributed by atoms with van der Waals surface area (Å²) in [6.07, 6.45) is 0. The number of nitrogens with zero attached hydrogens (tertiary/aromatic N) is 2. The highest BCUT2D eigenvalue weighted by atomic mass is 32.1. The van der Waals surface area contributed by atoms with Gasteiger partial charge in [-0.2, -0.15) is 0 Å². The third-order valence-electron chi connectivity index (χ3n) is 1.98. The number of carbonyl (C=O) groups excluding carboxylic acids is 1. The second-order valence-electron chi connectivity index (χ2n) is 3.42. The van der Waals surface area contributed by atoms with E-state index in [2.05, 4.69) is 15.5 Å². The molecule has 2 heterocycles. The number of nitrogens with one attached hydrogen (secondary N) is 1. The Morgan fingerprint density at radius 3 is 2.69 bits per heavy atom. The van der Waals surface area contributed by atoms with Crippen LogP contribution in [0.3, 0.4) is 0 Å². The molecule has 84 valence electrons. The average molecular weight is 237 g/mol. The summed E-state index contributed by atoms with van der Waals surface area (Å²) in [6.45, 7) is 5.45. The highest BCUT2D eigenvalue weighted by Crippen LogP contribution is 2.18. The van der Waals surface area contributed by atoms with Crippen molar-refractivity contribution in [1.82, 2.24) is 10.1 Å². The summed E-state index contributed by atoms with van der Waals surface area (Å²) in [6, 6.07) is 1.67. The first-order valence-corrected chi connectivity index (χ1v) is 5.56. The van der Waals surface area contributed by atoms with Crippen LogP contribution in [-0.2, 0) is 0 Å². The van der Waals surface area contributed by atoms with E-state index in [0.717, 1.165) is 10.7 Å². The van der Waals surface area contributed by atoms with E-state index in [1.807, 2.05) is 13.8 Å². The van der Waals surface area contributed by atoms with Crippen molar-refractivity contribution in [2.75, 3.05) is 5.32 Å². The van der Waals surface area contributed by atoms with E-state index in [9.17, 15) is 4.79 Å². The molecule has 0 aliphatic rings. The number of hydrogen-bond acceptors (Lipinski definition) is 5. The van der Waals surface area contributed by atoms with Gasteiger partial charge in [0.2, 0.25) is 0 Å². The fraction of sp³-hybridized carbons (Fsp3) is 0.300. The molecule has 16 heavy (non-hydrogen) atoms. The third-order valence-corrected chi connectivity index (χ3v) is 3.05. The SMILES string of the molecule is Cc1cc(NC(=O)c2sc(C)nc2C)no1. The summed E-state index contributed by atoms with van der Waals surface area (Å²) >= 11 is 1.37. The van der Waals surface area contributed by atoms with E-state index in [1.165, 1.54) is 11.3 Å². The molecule has 5 nitrogen and oxygen atoms in total. The summed E-state index contributed by atoms with van der Waals surface area (Å²) in [5.41, 5.74) is 0.736. The molecule has 0 fully saturated rings. The van der Waals surface area contributed by atoms with Crippen LogP contribution < -0.4 is 5.32 Å². The van der Waals surface area contributed by atoms with Gasteiger partial charge in [0.15, 0.2) is 5.82 Å². The summed E-state index contributed by atoms with van der Waals surface area (Å²) in [5.74, 6) is 0.886. The lowest BCUT2D eigenvalue weighted by Crippen LogP contribution is -2.11. The van der Waals surface area contributed by atoms with Crippen molar-refractivity contribution >= 4 is 23.1 Å². The normalized spacial score (nSPS) is 10.4. The zero-order valence-electron chi connectivity index (χ0n) is 9.20. The van der Waals surface area contributed by atoms with Crippen LogP contribution in [0.25, 0.3) is 0 Å². The van der Waals surface area contributed by atoms with E-state index in [-0.39, 0.29) is 5.91 Å². The van der Waals surface area contributed by atoms with Crippen molar-refractivity contribution in [2.24, 2.45) is 0 Å². The number of anilines is 1. The van der Waals surface area contributed by atoms with E-state index in [0.29, 0.717) is 16.5 Å². The number of hydrogen-bond donors (Lipinski definition) is 1. The van der Waals surface area contributed by atoms with E-state index < -0.39 is 0 Å².